The lowest BCUT2D eigenvalue weighted by Gasteiger charge is -2.36. The summed E-state index contributed by atoms with van der Waals surface area (Å²) in [4.78, 5) is 15.3. The van der Waals surface area contributed by atoms with E-state index in [0.717, 1.165) is 47.5 Å². The van der Waals surface area contributed by atoms with Crippen LogP contribution in [0.2, 0.25) is 5.02 Å². The monoisotopic (exact) mass is 518 g/mol. The van der Waals surface area contributed by atoms with Crippen LogP contribution in [0.4, 0.5) is 11.6 Å². The number of nitrogens with one attached hydrogen (secondary N) is 3. The number of aromatic amines is 1. The molecule has 3 heterocycles. The highest BCUT2D eigenvalue weighted by Crippen LogP contribution is 2.42. The second-order valence-corrected chi connectivity index (χ2v) is 11.1. The van der Waals surface area contributed by atoms with E-state index in [9.17, 15) is 0 Å². The summed E-state index contributed by atoms with van der Waals surface area (Å²) < 4.78 is 0. The quantitative estimate of drug-likeness (QED) is 0.310. The van der Waals surface area contributed by atoms with Gasteiger partial charge in [0.2, 0.25) is 5.95 Å². The summed E-state index contributed by atoms with van der Waals surface area (Å²) in [5, 5.41) is 8.76. The standard InChI is InChI=1S/C29H33ClN6.H2O/c1-17-4-7-24-25(12-31-27(24)8-17)28-26(30)13-32-29(35-28)34-23-10-20(9-22(11-23)21-5-6-21)16-36-14-18(2)33-19(3)15-36;/h4,7-13,18-19,21,31,33H,5-6,14-16H2,1-3H3,(H,32,34,35);1H2/t18-,19+;. The fourth-order valence-electron chi connectivity index (χ4n) is 5.54. The van der Waals surface area contributed by atoms with E-state index in [4.69, 9.17) is 16.6 Å². The van der Waals surface area contributed by atoms with Gasteiger partial charge in [0.05, 0.1) is 16.9 Å². The van der Waals surface area contributed by atoms with Crippen molar-refractivity contribution < 1.29 is 5.48 Å². The summed E-state index contributed by atoms with van der Waals surface area (Å²) in [6, 6.07) is 14.3. The molecule has 0 radical (unpaired) electrons. The van der Waals surface area contributed by atoms with Crippen LogP contribution in [0.5, 0.6) is 0 Å². The fourth-order valence-corrected chi connectivity index (χ4v) is 5.74. The smallest absolute Gasteiger partial charge is 0.227 e. The van der Waals surface area contributed by atoms with E-state index >= 15 is 0 Å². The molecule has 4 aromatic rings. The lowest BCUT2D eigenvalue weighted by Crippen LogP contribution is -2.53. The third-order valence-electron chi connectivity index (χ3n) is 7.20. The van der Waals surface area contributed by atoms with Crippen molar-refractivity contribution >= 4 is 34.1 Å². The molecule has 7 nitrogen and oxygen atoms in total. The Balaban J connectivity index is 0.00000280. The molecule has 1 aliphatic heterocycles. The average Bonchev–Trinajstić information content (AvgIpc) is 3.60. The zero-order valence-corrected chi connectivity index (χ0v) is 22.4. The summed E-state index contributed by atoms with van der Waals surface area (Å²) in [6.45, 7) is 9.70. The Morgan fingerprint density at radius 3 is 2.62 bits per heavy atom. The van der Waals surface area contributed by atoms with Gasteiger partial charge in [0, 0.05) is 60.1 Å². The topological polar surface area (TPSA) is 100 Å². The van der Waals surface area contributed by atoms with Gasteiger partial charge in [-0.3, -0.25) is 4.90 Å². The molecule has 6 rings (SSSR count). The molecule has 0 bridgehead atoms. The molecule has 2 aromatic heterocycles. The van der Waals surface area contributed by atoms with Crippen LogP contribution in [0.1, 0.15) is 49.3 Å². The highest BCUT2D eigenvalue weighted by Gasteiger charge is 2.26. The Kier molecular flexibility index (Phi) is 7.23. The van der Waals surface area contributed by atoms with Crippen molar-refractivity contribution in [3.8, 4) is 11.3 Å². The van der Waals surface area contributed by atoms with Gasteiger partial charge in [0.1, 0.15) is 0 Å². The van der Waals surface area contributed by atoms with Gasteiger partial charge in [-0.15, -0.1) is 0 Å². The van der Waals surface area contributed by atoms with Crippen molar-refractivity contribution in [2.24, 2.45) is 0 Å². The summed E-state index contributed by atoms with van der Waals surface area (Å²) >= 11 is 6.58. The van der Waals surface area contributed by atoms with Gasteiger partial charge in [0.15, 0.2) is 0 Å². The van der Waals surface area contributed by atoms with Gasteiger partial charge in [-0.05, 0) is 74.4 Å². The molecular formula is C29H35ClN6O. The molecule has 2 aromatic carbocycles. The maximum atomic E-state index is 6.58. The Morgan fingerprint density at radius 2 is 1.86 bits per heavy atom. The maximum absolute atomic E-state index is 6.58. The van der Waals surface area contributed by atoms with Crippen LogP contribution in [0.3, 0.4) is 0 Å². The van der Waals surface area contributed by atoms with E-state index in [1.54, 1.807) is 6.20 Å². The van der Waals surface area contributed by atoms with Crippen molar-refractivity contribution in [3.63, 3.8) is 0 Å². The predicted molar refractivity (Wildman–Crippen MR) is 152 cm³/mol. The van der Waals surface area contributed by atoms with Crippen LogP contribution in [0, 0.1) is 6.92 Å². The van der Waals surface area contributed by atoms with Gasteiger partial charge in [0.25, 0.3) is 0 Å². The third-order valence-corrected chi connectivity index (χ3v) is 7.47. The number of fused-ring (bicyclic) bond motifs is 1. The number of hydrogen-bond donors (Lipinski definition) is 3. The van der Waals surface area contributed by atoms with E-state index < -0.39 is 0 Å². The number of rotatable bonds is 6. The minimum atomic E-state index is 0. The molecule has 1 saturated heterocycles. The van der Waals surface area contributed by atoms with Gasteiger partial charge in [-0.25, -0.2) is 9.97 Å². The first-order valence-corrected chi connectivity index (χ1v) is 13.3. The van der Waals surface area contributed by atoms with Crippen LogP contribution in [0.25, 0.3) is 22.2 Å². The molecule has 8 heteroatoms. The minimum absolute atomic E-state index is 0. The van der Waals surface area contributed by atoms with E-state index in [0.29, 0.717) is 29.0 Å². The van der Waals surface area contributed by atoms with Crippen LogP contribution < -0.4 is 10.6 Å². The molecule has 0 spiro atoms. The van der Waals surface area contributed by atoms with Crippen molar-refractivity contribution in [2.75, 3.05) is 18.4 Å². The molecule has 2 aliphatic rings. The molecule has 0 amide bonds. The molecule has 37 heavy (non-hydrogen) atoms. The van der Waals surface area contributed by atoms with Crippen LogP contribution in [-0.2, 0) is 6.54 Å². The van der Waals surface area contributed by atoms with E-state index in [-0.39, 0.29) is 5.48 Å². The first kappa shape index (κ1) is 25.7. The van der Waals surface area contributed by atoms with Crippen molar-refractivity contribution in [3.05, 3.63) is 70.5 Å². The Morgan fingerprint density at radius 1 is 1.08 bits per heavy atom. The third kappa shape index (κ3) is 5.65. The second-order valence-electron chi connectivity index (χ2n) is 10.7. The molecular weight excluding hydrogens is 484 g/mol. The number of anilines is 2. The Bertz CT molecular complexity index is 1410. The van der Waals surface area contributed by atoms with Gasteiger partial charge < -0.3 is 21.1 Å². The largest absolute Gasteiger partial charge is 0.412 e. The summed E-state index contributed by atoms with van der Waals surface area (Å²) in [5.74, 6) is 1.22. The maximum Gasteiger partial charge on any atom is 0.227 e. The van der Waals surface area contributed by atoms with Gasteiger partial charge >= 0.3 is 0 Å². The molecule has 194 valence electrons. The summed E-state index contributed by atoms with van der Waals surface area (Å²) in [5.41, 5.74) is 7.78. The zero-order chi connectivity index (χ0) is 24.8. The number of H-pyrrole nitrogens is 1. The molecule has 1 aliphatic carbocycles. The fraction of sp³-hybridized carbons (Fsp3) is 0.379. The Labute approximate surface area is 223 Å². The molecule has 2 atom stereocenters. The number of aromatic nitrogens is 3. The number of hydrogen-bond acceptors (Lipinski definition) is 5. The Hall–Kier alpha value is -2.97. The zero-order valence-electron chi connectivity index (χ0n) is 21.6. The second kappa shape index (κ2) is 10.4. The number of halogens is 1. The van der Waals surface area contributed by atoms with Crippen molar-refractivity contribution in [1.82, 2.24) is 25.2 Å². The first-order valence-electron chi connectivity index (χ1n) is 12.9. The lowest BCUT2D eigenvalue weighted by molar-refractivity contribution is 0.166. The number of benzene rings is 2. The van der Waals surface area contributed by atoms with Crippen LogP contribution in [0.15, 0.2) is 48.8 Å². The van der Waals surface area contributed by atoms with Crippen LogP contribution in [-0.4, -0.2) is 50.5 Å². The molecule has 2 fully saturated rings. The van der Waals surface area contributed by atoms with Gasteiger partial charge in [-0.2, -0.15) is 0 Å². The van der Waals surface area contributed by atoms with Gasteiger partial charge in [-0.1, -0.05) is 29.8 Å². The normalized spacial score (nSPS) is 20.1. The van der Waals surface area contributed by atoms with E-state index in [1.165, 1.54) is 29.5 Å². The highest BCUT2D eigenvalue weighted by atomic mass is 35.5. The first-order chi connectivity index (χ1) is 17.4. The highest BCUT2D eigenvalue weighted by molar-refractivity contribution is 6.33. The SMILES string of the molecule is Cc1ccc2c(-c3nc(Nc4cc(CN5C[C@@H](C)N[C@@H](C)C5)cc(C5CC5)c4)ncc3Cl)c[nH]c2c1.O. The summed E-state index contributed by atoms with van der Waals surface area (Å²) in [6.07, 6.45) is 6.20. The number of piperazine rings is 1. The van der Waals surface area contributed by atoms with Crippen molar-refractivity contribution in [1.29, 1.82) is 0 Å². The summed E-state index contributed by atoms with van der Waals surface area (Å²) in [7, 11) is 0. The number of nitrogens with zero attached hydrogens (tertiary/aromatic N) is 3. The minimum Gasteiger partial charge on any atom is -0.412 e. The molecule has 1 saturated carbocycles. The average molecular weight is 519 g/mol. The lowest BCUT2D eigenvalue weighted by atomic mass is 10.0. The van der Waals surface area contributed by atoms with E-state index in [2.05, 4.69) is 82.7 Å². The van der Waals surface area contributed by atoms with E-state index in [1.807, 2.05) is 6.20 Å². The predicted octanol–water partition coefficient (Wildman–Crippen LogP) is 5.57. The van der Waals surface area contributed by atoms with Crippen molar-refractivity contribution in [2.45, 2.75) is 58.2 Å². The molecule has 0 unspecified atom stereocenters. The van der Waals surface area contributed by atoms with Crippen LogP contribution >= 0.6 is 11.6 Å². The number of aryl methyl sites for hydroxylation is 1. The molecule has 5 N–H and O–H groups in total.